The number of carboxylic acids is 2. The van der Waals surface area contributed by atoms with Gasteiger partial charge in [0.1, 0.15) is 23.0 Å². The van der Waals surface area contributed by atoms with Gasteiger partial charge in [-0.3, -0.25) is 9.59 Å². The molecule has 6 heteroatoms. The molecule has 0 amide bonds. The molecule has 4 atom stereocenters. The molecule has 8 saturated carbocycles. The fraction of sp³-hybridized carbons (Fsp3) is 0.500. The van der Waals surface area contributed by atoms with Gasteiger partial charge in [-0.05, 0) is 159 Å². The van der Waals surface area contributed by atoms with Crippen LogP contribution in [-0.4, -0.2) is 22.2 Å². The predicted molar refractivity (Wildman–Crippen MR) is 172 cm³/mol. The zero-order valence-corrected chi connectivity index (χ0v) is 26.3. The van der Waals surface area contributed by atoms with Gasteiger partial charge in [-0.25, -0.2) is 0 Å². The molecule has 0 radical (unpaired) electrons. The van der Waals surface area contributed by atoms with Gasteiger partial charge in [-0.15, -0.1) is 0 Å². The van der Waals surface area contributed by atoms with Crippen molar-refractivity contribution in [3.05, 3.63) is 83.9 Å². The number of carbonyl (C=O) groups is 2. The van der Waals surface area contributed by atoms with Crippen LogP contribution in [0.4, 0.5) is 0 Å². The quantitative estimate of drug-likeness (QED) is 0.262. The minimum Gasteiger partial charge on any atom is -0.481 e. The van der Waals surface area contributed by atoms with Crippen molar-refractivity contribution < 1.29 is 29.3 Å². The van der Waals surface area contributed by atoms with Gasteiger partial charge in [-0.2, -0.15) is 0 Å². The van der Waals surface area contributed by atoms with E-state index in [1.54, 1.807) is 0 Å². The number of carboxylic acid groups (broad SMARTS) is 2. The highest BCUT2D eigenvalue weighted by atomic mass is 16.5. The lowest BCUT2D eigenvalue weighted by Gasteiger charge is -2.60. The summed E-state index contributed by atoms with van der Waals surface area (Å²) in [6.07, 6.45) is 11.7. The Balaban J connectivity index is 0.885. The van der Waals surface area contributed by atoms with Crippen LogP contribution in [0.5, 0.6) is 23.0 Å². The average molecular weight is 619 g/mol. The third-order valence-corrected chi connectivity index (χ3v) is 13.2. The maximum atomic E-state index is 12.3. The second kappa shape index (κ2) is 9.85. The summed E-state index contributed by atoms with van der Waals surface area (Å²) >= 11 is 0. The molecule has 0 spiro atoms. The van der Waals surface area contributed by atoms with Crippen LogP contribution in [0.25, 0.3) is 0 Å². The Morgan fingerprint density at radius 2 is 0.891 bits per heavy atom. The Hall–Kier alpha value is -3.80. The second-order valence-corrected chi connectivity index (χ2v) is 16.4. The van der Waals surface area contributed by atoms with Crippen LogP contribution in [0.2, 0.25) is 0 Å². The first-order valence-electron chi connectivity index (χ1n) is 17.3. The van der Waals surface area contributed by atoms with Crippen molar-refractivity contribution in [2.45, 2.75) is 87.9 Å². The van der Waals surface area contributed by atoms with E-state index >= 15 is 0 Å². The smallest absolute Gasteiger partial charge is 0.309 e. The molecule has 0 heterocycles. The van der Waals surface area contributed by atoms with E-state index in [9.17, 15) is 19.8 Å². The van der Waals surface area contributed by atoms with Crippen LogP contribution in [0.15, 0.2) is 72.8 Å². The van der Waals surface area contributed by atoms with Gasteiger partial charge in [0, 0.05) is 6.07 Å². The Bertz CT molecular complexity index is 1560. The van der Waals surface area contributed by atoms with Crippen LogP contribution in [0, 0.1) is 34.5 Å². The van der Waals surface area contributed by atoms with E-state index in [4.69, 9.17) is 9.47 Å². The van der Waals surface area contributed by atoms with E-state index < -0.39 is 22.8 Å². The van der Waals surface area contributed by atoms with Gasteiger partial charge < -0.3 is 19.7 Å². The molecule has 2 N–H and O–H groups in total. The highest BCUT2D eigenvalue weighted by Gasteiger charge is 2.62. The fourth-order valence-corrected chi connectivity index (χ4v) is 12.3. The van der Waals surface area contributed by atoms with Gasteiger partial charge in [0.2, 0.25) is 0 Å². The van der Waals surface area contributed by atoms with Gasteiger partial charge in [-0.1, -0.05) is 30.3 Å². The van der Waals surface area contributed by atoms with Gasteiger partial charge in [0.25, 0.3) is 0 Å². The van der Waals surface area contributed by atoms with Crippen molar-refractivity contribution in [2.24, 2.45) is 34.5 Å². The molecule has 46 heavy (non-hydrogen) atoms. The third-order valence-electron chi connectivity index (χ3n) is 13.2. The van der Waals surface area contributed by atoms with Crippen LogP contribution >= 0.6 is 0 Å². The zero-order chi connectivity index (χ0) is 31.3. The Kier molecular flexibility index (Phi) is 6.09. The monoisotopic (exact) mass is 618 g/mol. The maximum absolute atomic E-state index is 12.3. The summed E-state index contributed by atoms with van der Waals surface area (Å²) in [5.74, 6) is 3.77. The van der Waals surface area contributed by atoms with Crippen molar-refractivity contribution in [1.29, 1.82) is 0 Å². The molecule has 0 saturated heterocycles. The molecule has 8 aliphatic rings. The first kappa shape index (κ1) is 28.4. The molecule has 238 valence electrons. The number of rotatable bonds is 8. The van der Waals surface area contributed by atoms with Gasteiger partial charge >= 0.3 is 11.9 Å². The largest absolute Gasteiger partial charge is 0.481 e. The lowest BCUT2D eigenvalue weighted by molar-refractivity contribution is -0.167. The minimum absolute atomic E-state index is 0.0301. The number of hydrogen-bond acceptors (Lipinski definition) is 4. The topological polar surface area (TPSA) is 93.1 Å². The molecule has 4 unspecified atom stereocenters. The molecule has 11 rings (SSSR count). The first-order chi connectivity index (χ1) is 22.1. The lowest BCUT2D eigenvalue weighted by Crippen LogP contribution is -2.56. The van der Waals surface area contributed by atoms with Crippen molar-refractivity contribution >= 4 is 11.9 Å². The molecule has 3 aromatic rings. The fourth-order valence-electron chi connectivity index (χ4n) is 12.3. The third kappa shape index (κ3) is 4.42. The summed E-state index contributed by atoms with van der Waals surface area (Å²) in [5.41, 5.74) is 1.37. The summed E-state index contributed by atoms with van der Waals surface area (Å²) in [6.45, 7) is 0. The molecule has 8 bridgehead atoms. The normalized spacial score (nSPS) is 38.1. The average Bonchev–Trinajstić information content (AvgIpc) is 3.01. The number of ether oxygens (including phenoxy) is 2. The van der Waals surface area contributed by atoms with E-state index in [0.29, 0.717) is 35.2 Å². The maximum Gasteiger partial charge on any atom is 0.309 e. The van der Waals surface area contributed by atoms with E-state index in [2.05, 4.69) is 24.3 Å². The molecule has 3 aromatic carbocycles. The highest BCUT2D eigenvalue weighted by molar-refractivity contribution is 5.76. The summed E-state index contributed by atoms with van der Waals surface area (Å²) in [7, 11) is 0. The van der Waals surface area contributed by atoms with E-state index in [-0.39, 0.29) is 10.8 Å². The lowest BCUT2D eigenvalue weighted by atomic mass is 9.43. The van der Waals surface area contributed by atoms with Crippen LogP contribution in [-0.2, 0) is 20.4 Å². The van der Waals surface area contributed by atoms with Crippen molar-refractivity contribution in [1.82, 2.24) is 0 Å². The van der Waals surface area contributed by atoms with Crippen molar-refractivity contribution in [2.75, 3.05) is 0 Å². The molecular formula is C40H42O6. The Morgan fingerprint density at radius 1 is 0.522 bits per heavy atom. The summed E-state index contributed by atoms with van der Waals surface area (Å²) in [5, 5.41) is 20.3. The summed E-state index contributed by atoms with van der Waals surface area (Å²) in [6, 6.07) is 24.4. The molecule has 6 nitrogen and oxygen atoms in total. The van der Waals surface area contributed by atoms with Gasteiger partial charge in [0.05, 0.1) is 10.8 Å². The number of hydrogen-bond donors (Lipinski definition) is 2. The summed E-state index contributed by atoms with van der Waals surface area (Å²) < 4.78 is 12.5. The number of aliphatic carboxylic acids is 2. The van der Waals surface area contributed by atoms with E-state index in [1.807, 2.05) is 48.5 Å². The van der Waals surface area contributed by atoms with E-state index in [0.717, 1.165) is 75.7 Å². The van der Waals surface area contributed by atoms with Crippen LogP contribution in [0.3, 0.4) is 0 Å². The summed E-state index contributed by atoms with van der Waals surface area (Å²) in [4.78, 5) is 24.7. The molecule has 8 aliphatic carbocycles. The van der Waals surface area contributed by atoms with Crippen molar-refractivity contribution in [3.8, 4) is 23.0 Å². The molecule has 0 aromatic heterocycles. The van der Waals surface area contributed by atoms with Crippen molar-refractivity contribution in [3.63, 3.8) is 0 Å². The standard InChI is InChI=1S/C40H42O6/c41-35(42)39-19-25-12-26(20-39)16-37(15-25,23-39)29-4-8-31(9-5-29)45-33-2-1-3-34(14-33)46-32-10-6-30(7-11-32)38-17-27-13-28(18-38)22-40(21-27,24-38)36(43)44/h1-11,14,25-28H,12-13,15-24H2,(H,41,42)(H,43,44). The number of benzene rings is 3. The highest BCUT2D eigenvalue weighted by Crippen LogP contribution is 2.67. The molecular weight excluding hydrogens is 576 g/mol. The zero-order valence-electron chi connectivity index (χ0n) is 26.3. The Labute approximate surface area is 270 Å². The molecule has 0 aliphatic heterocycles. The molecule has 8 fully saturated rings. The SMILES string of the molecule is O=C(O)C12CC3CC(C1)CC(c1ccc(Oc4cccc(Oc5ccc(C67CC8CC(CC(C(=O)O)(C8)C6)C7)cc5)c4)cc1)(C3)C2. The Morgan fingerprint density at radius 3 is 1.24 bits per heavy atom. The second-order valence-electron chi connectivity index (χ2n) is 16.4. The van der Waals surface area contributed by atoms with E-state index in [1.165, 1.54) is 24.0 Å². The predicted octanol–water partition coefficient (Wildman–Crippen LogP) is 9.12. The van der Waals surface area contributed by atoms with Crippen LogP contribution in [0.1, 0.15) is 88.2 Å². The first-order valence-corrected chi connectivity index (χ1v) is 17.3. The van der Waals surface area contributed by atoms with Crippen LogP contribution < -0.4 is 9.47 Å². The van der Waals surface area contributed by atoms with Gasteiger partial charge in [0.15, 0.2) is 0 Å². The minimum atomic E-state index is -0.597.